The summed E-state index contributed by atoms with van der Waals surface area (Å²) in [4.78, 5) is 8.72. The summed E-state index contributed by atoms with van der Waals surface area (Å²) in [5, 5.41) is 6.98. The zero-order valence-electron chi connectivity index (χ0n) is 14.1. The van der Waals surface area contributed by atoms with E-state index in [0.29, 0.717) is 29.1 Å². The zero-order chi connectivity index (χ0) is 17.6. The van der Waals surface area contributed by atoms with Crippen LogP contribution in [0.3, 0.4) is 0 Å². The second-order valence-corrected chi connectivity index (χ2v) is 5.99. The lowest BCUT2D eigenvalue weighted by molar-refractivity contribution is 0.415. The smallest absolute Gasteiger partial charge is 0.224 e. The van der Waals surface area contributed by atoms with Gasteiger partial charge in [0.25, 0.3) is 0 Å². The van der Waals surface area contributed by atoms with Crippen LogP contribution < -0.4 is 15.4 Å². The monoisotopic (exact) mass is 354 g/mol. The summed E-state index contributed by atoms with van der Waals surface area (Å²) in [5.41, 5.74) is 3.24. The Morgan fingerprint density at radius 2 is 1.88 bits per heavy atom. The van der Waals surface area contributed by atoms with Gasteiger partial charge in [0, 0.05) is 18.4 Å². The third-order valence-electron chi connectivity index (χ3n) is 3.65. The SMILES string of the molecule is COc1ccc(Nc2ccnc(NCc3ccc(C)cc3)n2)cc1Cl. The molecule has 0 fully saturated rings. The summed E-state index contributed by atoms with van der Waals surface area (Å²) < 4.78 is 5.16. The van der Waals surface area contributed by atoms with Crippen LogP contribution in [0.2, 0.25) is 5.02 Å². The summed E-state index contributed by atoms with van der Waals surface area (Å²) in [7, 11) is 1.59. The summed E-state index contributed by atoms with van der Waals surface area (Å²) in [6.07, 6.45) is 1.71. The van der Waals surface area contributed by atoms with E-state index >= 15 is 0 Å². The molecule has 3 aromatic rings. The van der Waals surface area contributed by atoms with Gasteiger partial charge in [0.1, 0.15) is 11.6 Å². The molecule has 2 aromatic carbocycles. The van der Waals surface area contributed by atoms with Gasteiger partial charge in [-0.15, -0.1) is 0 Å². The molecular formula is C19H19ClN4O. The number of hydrogen-bond donors (Lipinski definition) is 2. The number of ether oxygens (including phenoxy) is 1. The van der Waals surface area contributed by atoms with E-state index in [4.69, 9.17) is 16.3 Å². The first-order chi connectivity index (χ1) is 12.1. The molecule has 3 rings (SSSR count). The Morgan fingerprint density at radius 3 is 2.60 bits per heavy atom. The molecule has 128 valence electrons. The lowest BCUT2D eigenvalue weighted by Gasteiger charge is -2.10. The van der Waals surface area contributed by atoms with Crippen molar-refractivity contribution in [1.29, 1.82) is 0 Å². The average Bonchev–Trinajstić information content (AvgIpc) is 2.62. The van der Waals surface area contributed by atoms with E-state index in [2.05, 4.69) is 51.8 Å². The maximum Gasteiger partial charge on any atom is 0.224 e. The molecule has 1 aromatic heterocycles. The van der Waals surface area contributed by atoms with Gasteiger partial charge in [0.2, 0.25) is 5.95 Å². The molecule has 0 bridgehead atoms. The molecule has 0 aliphatic carbocycles. The maximum atomic E-state index is 6.15. The second-order valence-electron chi connectivity index (χ2n) is 5.58. The van der Waals surface area contributed by atoms with E-state index < -0.39 is 0 Å². The number of nitrogens with one attached hydrogen (secondary N) is 2. The highest BCUT2D eigenvalue weighted by Crippen LogP contribution is 2.28. The van der Waals surface area contributed by atoms with Crippen LogP contribution in [-0.2, 0) is 6.54 Å². The summed E-state index contributed by atoms with van der Waals surface area (Å²) in [5.74, 6) is 1.88. The Morgan fingerprint density at radius 1 is 1.08 bits per heavy atom. The first kappa shape index (κ1) is 17.0. The standard InChI is InChI=1S/C19H19ClN4O/c1-13-3-5-14(6-4-13)12-22-19-21-10-9-18(24-19)23-15-7-8-17(25-2)16(20)11-15/h3-11H,12H2,1-2H3,(H2,21,22,23,24). The quantitative estimate of drug-likeness (QED) is 0.665. The number of hydrogen-bond acceptors (Lipinski definition) is 5. The predicted molar refractivity (Wildman–Crippen MR) is 102 cm³/mol. The van der Waals surface area contributed by atoms with E-state index in [1.54, 1.807) is 25.4 Å². The second kappa shape index (κ2) is 7.85. The topological polar surface area (TPSA) is 59.1 Å². The minimum absolute atomic E-state index is 0.541. The van der Waals surface area contributed by atoms with E-state index in [9.17, 15) is 0 Å². The van der Waals surface area contributed by atoms with Crippen LogP contribution >= 0.6 is 11.6 Å². The van der Waals surface area contributed by atoms with Crippen LogP contribution in [0, 0.1) is 6.92 Å². The lowest BCUT2D eigenvalue weighted by atomic mass is 10.1. The summed E-state index contributed by atoms with van der Waals surface area (Å²) in [6, 6.07) is 15.6. The Kier molecular flexibility index (Phi) is 5.36. The van der Waals surface area contributed by atoms with Gasteiger partial charge in [0.05, 0.1) is 12.1 Å². The molecule has 2 N–H and O–H groups in total. The normalized spacial score (nSPS) is 10.4. The van der Waals surface area contributed by atoms with Crippen LogP contribution in [-0.4, -0.2) is 17.1 Å². The van der Waals surface area contributed by atoms with E-state index in [0.717, 1.165) is 5.69 Å². The molecule has 0 spiro atoms. The Balaban J connectivity index is 1.66. The highest BCUT2D eigenvalue weighted by molar-refractivity contribution is 6.32. The van der Waals surface area contributed by atoms with Gasteiger partial charge in [-0.2, -0.15) is 4.98 Å². The molecule has 5 nitrogen and oxygen atoms in total. The van der Waals surface area contributed by atoms with Crippen molar-refractivity contribution in [2.75, 3.05) is 17.7 Å². The van der Waals surface area contributed by atoms with Gasteiger partial charge in [-0.1, -0.05) is 41.4 Å². The van der Waals surface area contributed by atoms with Crippen molar-refractivity contribution in [3.8, 4) is 5.75 Å². The average molecular weight is 355 g/mol. The van der Waals surface area contributed by atoms with E-state index in [-0.39, 0.29) is 0 Å². The predicted octanol–water partition coefficient (Wildman–Crippen LogP) is 4.80. The van der Waals surface area contributed by atoms with Gasteiger partial charge in [-0.25, -0.2) is 4.98 Å². The third kappa shape index (κ3) is 4.61. The van der Waals surface area contributed by atoms with Gasteiger partial charge in [-0.05, 0) is 36.8 Å². The van der Waals surface area contributed by atoms with Crippen LogP contribution in [0.4, 0.5) is 17.5 Å². The number of rotatable bonds is 6. The number of aromatic nitrogens is 2. The fraction of sp³-hybridized carbons (Fsp3) is 0.158. The number of aryl methyl sites for hydroxylation is 1. The minimum atomic E-state index is 0.541. The fourth-order valence-corrected chi connectivity index (χ4v) is 2.55. The summed E-state index contributed by atoms with van der Waals surface area (Å²) >= 11 is 6.15. The Bertz CT molecular complexity index is 852. The van der Waals surface area contributed by atoms with Crippen LogP contribution in [0.15, 0.2) is 54.7 Å². The van der Waals surface area contributed by atoms with Crippen molar-refractivity contribution in [1.82, 2.24) is 9.97 Å². The first-order valence-corrected chi connectivity index (χ1v) is 8.25. The van der Waals surface area contributed by atoms with E-state index in [1.807, 2.05) is 12.1 Å². The Labute approximate surface area is 152 Å². The van der Waals surface area contributed by atoms with E-state index in [1.165, 1.54) is 11.1 Å². The molecule has 0 aliphatic heterocycles. The Hall–Kier alpha value is -2.79. The number of nitrogens with zero attached hydrogens (tertiary/aromatic N) is 2. The number of anilines is 3. The first-order valence-electron chi connectivity index (χ1n) is 7.87. The molecule has 1 heterocycles. The van der Waals surface area contributed by atoms with Gasteiger partial charge >= 0.3 is 0 Å². The van der Waals surface area contributed by atoms with Crippen LogP contribution in [0.1, 0.15) is 11.1 Å². The van der Waals surface area contributed by atoms with Crippen molar-refractivity contribution in [2.45, 2.75) is 13.5 Å². The fourth-order valence-electron chi connectivity index (χ4n) is 2.29. The molecule has 0 saturated carbocycles. The molecule has 0 saturated heterocycles. The molecule has 25 heavy (non-hydrogen) atoms. The van der Waals surface area contributed by atoms with Gasteiger partial charge in [0.15, 0.2) is 0 Å². The van der Waals surface area contributed by atoms with Crippen LogP contribution in [0.5, 0.6) is 5.75 Å². The highest BCUT2D eigenvalue weighted by atomic mass is 35.5. The van der Waals surface area contributed by atoms with Crippen LogP contribution in [0.25, 0.3) is 0 Å². The molecule has 0 unspecified atom stereocenters. The lowest BCUT2D eigenvalue weighted by Crippen LogP contribution is -2.05. The molecule has 0 amide bonds. The largest absolute Gasteiger partial charge is 0.495 e. The molecule has 6 heteroatoms. The highest BCUT2D eigenvalue weighted by Gasteiger charge is 2.04. The van der Waals surface area contributed by atoms with Crippen molar-refractivity contribution in [3.05, 3.63) is 70.9 Å². The zero-order valence-corrected chi connectivity index (χ0v) is 14.8. The number of halogens is 1. The van der Waals surface area contributed by atoms with Gasteiger partial charge < -0.3 is 15.4 Å². The number of benzene rings is 2. The maximum absolute atomic E-state index is 6.15. The molecule has 0 radical (unpaired) electrons. The van der Waals surface area contributed by atoms with Crippen molar-refractivity contribution in [3.63, 3.8) is 0 Å². The third-order valence-corrected chi connectivity index (χ3v) is 3.95. The number of methoxy groups -OCH3 is 1. The van der Waals surface area contributed by atoms with Crippen molar-refractivity contribution in [2.24, 2.45) is 0 Å². The van der Waals surface area contributed by atoms with Crippen molar-refractivity contribution >= 4 is 29.1 Å². The molecule has 0 atom stereocenters. The molecular weight excluding hydrogens is 336 g/mol. The van der Waals surface area contributed by atoms with Gasteiger partial charge in [-0.3, -0.25) is 0 Å². The summed E-state index contributed by atoms with van der Waals surface area (Å²) in [6.45, 7) is 2.74. The minimum Gasteiger partial charge on any atom is -0.495 e. The van der Waals surface area contributed by atoms with Crippen molar-refractivity contribution < 1.29 is 4.74 Å². The molecule has 0 aliphatic rings.